The molecule has 11 heteroatoms. The molecule has 0 atom stereocenters. The van der Waals surface area contributed by atoms with Gasteiger partial charge in [0, 0.05) is 37.7 Å². The molecule has 10 nitrogen and oxygen atoms in total. The summed E-state index contributed by atoms with van der Waals surface area (Å²) in [6, 6.07) is 22.6. The average molecular weight is 588 g/mol. The summed E-state index contributed by atoms with van der Waals surface area (Å²) in [5.41, 5.74) is 7.48. The van der Waals surface area contributed by atoms with Crippen LogP contribution in [-0.2, 0) is 19.1 Å². The first-order chi connectivity index (χ1) is 20.4. The van der Waals surface area contributed by atoms with E-state index in [1.165, 1.54) is 0 Å². The van der Waals surface area contributed by atoms with Gasteiger partial charge in [0.15, 0.2) is 0 Å². The Balaban J connectivity index is 1.16. The Kier molecular flexibility index (Phi) is 8.07. The number of rotatable bonds is 10. The largest absolute Gasteiger partial charge is 0.491 e. The zero-order valence-electron chi connectivity index (χ0n) is 23.6. The Labute approximate surface area is 244 Å². The molecule has 0 amide bonds. The summed E-state index contributed by atoms with van der Waals surface area (Å²) >= 11 is 0. The van der Waals surface area contributed by atoms with E-state index in [1.807, 2.05) is 41.8 Å². The number of anilines is 1. The van der Waals surface area contributed by atoms with Crippen LogP contribution < -0.4 is 15.1 Å². The maximum atomic E-state index is 12.6. The molecule has 1 aliphatic heterocycles. The van der Waals surface area contributed by atoms with Crippen molar-refractivity contribution < 1.29 is 22.2 Å². The minimum atomic E-state index is -3.88. The number of hydroxylamine groups is 1. The maximum absolute atomic E-state index is 12.6. The lowest BCUT2D eigenvalue weighted by Crippen LogP contribution is -2.43. The number of methoxy groups -OCH3 is 1. The lowest BCUT2D eigenvalue weighted by atomic mass is 10.0. The fraction of sp³-hybridized carbons (Fsp3) is 0.290. The molecule has 1 N–H and O–H groups in total. The number of pyridine rings is 1. The van der Waals surface area contributed by atoms with E-state index in [1.54, 1.807) is 37.7 Å². The molecule has 3 heterocycles. The van der Waals surface area contributed by atoms with Crippen molar-refractivity contribution in [2.45, 2.75) is 30.7 Å². The van der Waals surface area contributed by atoms with Gasteiger partial charge in [-0.3, -0.25) is 4.57 Å². The van der Waals surface area contributed by atoms with Crippen molar-refractivity contribution in [2.75, 3.05) is 38.3 Å². The summed E-state index contributed by atoms with van der Waals surface area (Å²) in [5, 5.41) is 1.04. The van der Waals surface area contributed by atoms with Gasteiger partial charge in [0.05, 0.1) is 33.7 Å². The van der Waals surface area contributed by atoms with Crippen LogP contribution in [0.25, 0.3) is 27.8 Å². The number of hydrogen-bond acceptors (Lipinski definition) is 9. The molecule has 0 unspecified atom stereocenters. The van der Waals surface area contributed by atoms with E-state index in [4.69, 9.17) is 18.7 Å². The molecule has 6 rings (SSSR count). The minimum absolute atomic E-state index is 0.0827. The number of hydrogen-bond donors (Lipinski definition) is 1. The number of fused-ring (bicyclic) bond motifs is 2. The molecule has 5 aromatic rings. The van der Waals surface area contributed by atoms with Crippen LogP contribution in [0, 0.1) is 6.92 Å². The van der Waals surface area contributed by atoms with Crippen molar-refractivity contribution in [1.29, 1.82) is 0 Å². The molecule has 218 valence electrons. The van der Waals surface area contributed by atoms with Gasteiger partial charge in [0.1, 0.15) is 24.5 Å². The highest BCUT2D eigenvalue weighted by Gasteiger charge is 2.24. The van der Waals surface area contributed by atoms with Crippen molar-refractivity contribution in [3.63, 3.8) is 0 Å². The Morgan fingerprint density at radius 1 is 0.976 bits per heavy atom. The van der Waals surface area contributed by atoms with Crippen LogP contribution in [0.2, 0.25) is 0 Å². The monoisotopic (exact) mass is 587 g/mol. The van der Waals surface area contributed by atoms with Crippen LogP contribution in [0.1, 0.15) is 18.4 Å². The summed E-state index contributed by atoms with van der Waals surface area (Å²) in [5.74, 6) is 1.52. The molecule has 1 aliphatic rings. The number of para-hydroxylation sites is 1. The summed E-state index contributed by atoms with van der Waals surface area (Å²) < 4.78 is 43.1. The number of nitrogens with zero attached hydrogens (tertiary/aromatic N) is 4. The van der Waals surface area contributed by atoms with E-state index in [0.29, 0.717) is 13.2 Å². The third kappa shape index (κ3) is 5.95. The molecule has 0 spiro atoms. The predicted molar refractivity (Wildman–Crippen MR) is 162 cm³/mol. The van der Waals surface area contributed by atoms with Crippen LogP contribution in [0.4, 0.5) is 5.69 Å². The number of nitrogens with one attached hydrogen (secondary N) is 1. The average Bonchev–Trinajstić information content (AvgIpc) is 3.44. The van der Waals surface area contributed by atoms with E-state index in [0.717, 1.165) is 70.7 Å². The zero-order valence-corrected chi connectivity index (χ0v) is 24.4. The van der Waals surface area contributed by atoms with E-state index in [2.05, 4.69) is 33.6 Å². The first-order valence-electron chi connectivity index (χ1n) is 13.9. The van der Waals surface area contributed by atoms with E-state index in [-0.39, 0.29) is 10.9 Å². The lowest BCUT2D eigenvalue weighted by molar-refractivity contribution is 0.146. The maximum Gasteiger partial charge on any atom is 0.312 e. The van der Waals surface area contributed by atoms with Crippen LogP contribution in [0.5, 0.6) is 5.75 Å². The fourth-order valence-electron chi connectivity index (χ4n) is 5.14. The molecule has 0 bridgehead atoms. The van der Waals surface area contributed by atoms with Gasteiger partial charge in [-0.15, -0.1) is 0 Å². The number of aromatic nitrogens is 3. The standard InChI is InChI=1S/C31H33N5O5S/c1-22-6-10-26(11-7-22)42(37,38)41-34-24-14-16-35(17-15-24)29-5-3-4-23-8-13-30(33-31(23)29)36-21-32-27-20-25(9-12-28(27)36)40-19-18-39-2/h3-13,20-21,24,34H,14-19H2,1-2H3. The van der Waals surface area contributed by atoms with Crippen LogP contribution in [0.3, 0.4) is 0 Å². The highest BCUT2D eigenvalue weighted by molar-refractivity contribution is 7.86. The van der Waals surface area contributed by atoms with Gasteiger partial charge >= 0.3 is 10.1 Å². The number of benzene rings is 3. The number of imidazole rings is 1. The third-order valence-corrected chi connectivity index (χ3v) is 8.64. The zero-order chi connectivity index (χ0) is 29.1. The quantitative estimate of drug-likeness (QED) is 0.182. The summed E-state index contributed by atoms with van der Waals surface area (Å²) in [6.07, 6.45) is 3.23. The molecule has 42 heavy (non-hydrogen) atoms. The highest BCUT2D eigenvalue weighted by Crippen LogP contribution is 2.30. The Hall–Kier alpha value is -4.03. The molecular weight excluding hydrogens is 554 g/mol. The molecule has 0 saturated carbocycles. The first kappa shape index (κ1) is 28.1. The smallest absolute Gasteiger partial charge is 0.312 e. The molecule has 0 aliphatic carbocycles. The Bertz CT molecular complexity index is 1800. The molecule has 2 aromatic heterocycles. The summed E-state index contributed by atoms with van der Waals surface area (Å²) in [6.45, 7) is 4.37. The molecule has 1 fully saturated rings. The van der Waals surface area contributed by atoms with Crippen molar-refractivity contribution in [3.8, 4) is 11.6 Å². The van der Waals surface area contributed by atoms with Crippen molar-refractivity contribution in [2.24, 2.45) is 0 Å². The van der Waals surface area contributed by atoms with Crippen LogP contribution in [-0.4, -0.2) is 62.4 Å². The van der Waals surface area contributed by atoms with Crippen LogP contribution >= 0.6 is 0 Å². The Morgan fingerprint density at radius 3 is 2.57 bits per heavy atom. The summed E-state index contributed by atoms with van der Waals surface area (Å²) in [4.78, 5) is 12.1. The predicted octanol–water partition coefficient (Wildman–Crippen LogP) is 4.79. The van der Waals surface area contributed by atoms with Crippen molar-refractivity contribution >= 4 is 37.7 Å². The summed E-state index contributed by atoms with van der Waals surface area (Å²) in [7, 11) is -2.23. The van der Waals surface area contributed by atoms with E-state index >= 15 is 0 Å². The van der Waals surface area contributed by atoms with Gasteiger partial charge in [-0.05, 0) is 62.2 Å². The number of aryl methyl sites for hydroxylation is 1. The van der Waals surface area contributed by atoms with E-state index < -0.39 is 10.1 Å². The van der Waals surface area contributed by atoms with Crippen molar-refractivity contribution in [1.82, 2.24) is 20.0 Å². The van der Waals surface area contributed by atoms with Gasteiger partial charge in [-0.2, -0.15) is 18.2 Å². The molecule has 0 radical (unpaired) electrons. The highest BCUT2D eigenvalue weighted by atomic mass is 32.2. The van der Waals surface area contributed by atoms with Gasteiger partial charge in [0.2, 0.25) is 0 Å². The number of piperidine rings is 1. The van der Waals surface area contributed by atoms with Gasteiger partial charge in [-0.25, -0.2) is 9.97 Å². The fourth-order valence-corrected chi connectivity index (χ4v) is 5.97. The number of ether oxygens (including phenoxy) is 2. The molecule has 1 saturated heterocycles. The molecule has 3 aromatic carbocycles. The molecular formula is C31H33N5O5S. The van der Waals surface area contributed by atoms with Crippen molar-refractivity contribution in [3.05, 3.63) is 84.7 Å². The normalized spacial score (nSPS) is 14.6. The second-order valence-corrected chi connectivity index (χ2v) is 11.9. The van der Waals surface area contributed by atoms with Crippen LogP contribution in [0.15, 0.2) is 84.0 Å². The lowest BCUT2D eigenvalue weighted by Gasteiger charge is -2.34. The topological polar surface area (TPSA) is 108 Å². The van der Waals surface area contributed by atoms with Gasteiger partial charge in [0.25, 0.3) is 0 Å². The van der Waals surface area contributed by atoms with Gasteiger partial charge < -0.3 is 14.4 Å². The third-order valence-electron chi connectivity index (χ3n) is 7.48. The Morgan fingerprint density at radius 2 is 1.79 bits per heavy atom. The second-order valence-electron chi connectivity index (χ2n) is 10.4. The second kappa shape index (κ2) is 12.1. The SMILES string of the molecule is COCCOc1ccc2c(c1)ncn2-c1ccc2cccc(N3CCC(NOS(=O)(=O)c4ccc(C)cc4)CC3)c2n1. The van der Waals surface area contributed by atoms with Gasteiger partial charge in [-0.1, -0.05) is 29.8 Å². The minimum Gasteiger partial charge on any atom is -0.491 e. The first-order valence-corrected chi connectivity index (χ1v) is 15.3. The van der Waals surface area contributed by atoms with E-state index in [9.17, 15) is 8.42 Å².